The van der Waals surface area contributed by atoms with Gasteiger partial charge in [-0.25, -0.2) is 0 Å². The number of nitrogens with zero attached hydrogens (tertiary/aromatic N) is 6. The minimum atomic E-state index is -5.70. The summed E-state index contributed by atoms with van der Waals surface area (Å²) in [5.41, 5.74) is 6.72. The van der Waals surface area contributed by atoms with Gasteiger partial charge < -0.3 is 15.6 Å². The lowest BCUT2D eigenvalue weighted by Crippen LogP contribution is -2.36. The quantitative estimate of drug-likeness (QED) is 0.299. The van der Waals surface area contributed by atoms with Crippen molar-refractivity contribution in [3.05, 3.63) is 46.2 Å². The number of carbonyl (C=O) groups is 1. The van der Waals surface area contributed by atoms with Crippen LogP contribution in [0.2, 0.25) is 5.02 Å². The van der Waals surface area contributed by atoms with Crippen LogP contribution < -0.4 is 11.1 Å². The van der Waals surface area contributed by atoms with E-state index in [0.717, 1.165) is 4.68 Å². The molecule has 0 aliphatic carbocycles. The van der Waals surface area contributed by atoms with Crippen LogP contribution in [0.3, 0.4) is 0 Å². The largest absolute Gasteiger partial charge is 0.453 e. The SMILES string of the molecule is CCc1c(N)nc(-n2nc(CCC(F)(F)C(F)(F)F)c3cc(Cl)ccc32)nc1NC(=O)Cc1nc(C)no1. The summed E-state index contributed by atoms with van der Waals surface area (Å²) in [5.74, 6) is -5.12. The first kappa shape index (κ1) is 27.2. The second-order valence-corrected chi connectivity index (χ2v) is 8.71. The number of anilines is 2. The normalized spacial score (nSPS) is 12.3. The number of hydrogen-bond acceptors (Lipinski definition) is 8. The molecule has 38 heavy (non-hydrogen) atoms. The molecule has 16 heteroatoms. The van der Waals surface area contributed by atoms with Gasteiger partial charge in [-0.05, 0) is 38.0 Å². The molecule has 0 aliphatic rings. The third-order valence-corrected chi connectivity index (χ3v) is 5.75. The summed E-state index contributed by atoms with van der Waals surface area (Å²) in [5, 5.41) is 10.9. The van der Waals surface area contributed by atoms with Crippen molar-refractivity contribution >= 4 is 40.0 Å². The Hall–Kier alpha value is -3.88. The van der Waals surface area contributed by atoms with Crippen molar-refractivity contribution in [2.75, 3.05) is 11.1 Å². The van der Waals surface area contributed by atoms with Gasteiger partial charge in [-0.15, -0.1) is 0 Å². The fourth-order valence-corrected chi connectivity index (χ4v) is 3.84. The zero-order valence-corrected chi connectivity index (χ0v) is 20.7. The monoisotopic (exact) mass is 558 g/mol. The van der Waals surface area contributed by atoms with Crippen LogP contribution >= 0.6 is 11.6 Å². The predicted octanol–water partition coefficient (Wildman–Crippen LogP) is 4.62. The average molecular weight is 559 g/mol. The third kappa shape index (κ3) is 5.51. The van der Waals surface area contributed by atoms with Crippen molar-refractivity contribution in [2.24, 2.45) is 0 Å². The number of alkyl halides is 5. The van der Waals surface area contributed by atoms with Crippen LogP contribution in [0.25, 0.3) is 16.9 Å². The lowest BCUT2D eigenvalue weighted by atomic mass is 10.1. The smallest absolute Gasteiger partial charge is 0.383 e. The highest BCUT2D eigenvalue weighted by atomic mass is 35.5. The predicted molar refractivity (Wildman–Crippen MR) is 126 cm³/mol. The summed E-state index contributed by atoms with van der Waals surface area (Å²) in [7, 11) is 0. The van der Waals surface area contributed by atoms with Crippen LogP contribution in [-0.4, -0.2) is 47.9 Å². The van der Waals surface area contributed by atoms with Gasteiger partial charge >= 0.3 is 12.1 Å². The van der Waals surface area contributed by atoms with E-state index >= 15 is 0 Å². The van der Waals surface area contributed by atoms with Crippen LogP contribution in [0.4, 0.5) is 33.6 Å². The van der Waals surface area contributed by atoms with E-state index in [-0.39, 0.29) is 51.5 Å². The summed E-state index contributed by atoms with van der Waals surface area (Å²) in [6, 6.07) is 4.36. The molecule has 0 aliphatic heterocycles. The number of carbonyl (C=O) groups excluding carboxylic acids is 1. The molecular formula is C22H20ClF5N8O2. The van der Waals surface area contributed by atoms with Crippen LogP contribution in [-0.2, 0) is 24.1 Å². The Labute approximate surface area is 216 Å². The van der Waals surface area contributed by atoms with Gasteiger partial charge in [0.15, 0.2) is 5.82 Å². The molecule has 0 unspecified atom stereocenters. The van der Waals surface area contributed by atoms with E-state index < -0.39 is 30.8 Å². The Kier molecular flexibility index (Phi) is 7.23. The molecule has 10 nitrogen and oxygen atoms in total. The number of nitrogen functional groups attached to an aromatic ring is 1. The zero-order chi connectivity index (χ0) is 27.8. The molecule has 4 aromatic rings. The van der Waals surface area contributed by atoms with E-state index in [4.69, 9.17) is 21.9 Å². The molecule has 0 radical (unpaired) electrons. The molecule has 0 fully saturated rings. The molecule has 0 spiro atoms. The number of hydrogen-bond donors (Lipinski definition) is 2. The standard InChI is InChI=1S/C22H20ClF5N8O2/c1-3-12-18(29)32-20(33-19(12)31-16(37)9-17-30-10(2)35-38-17)36-15-5-4-11(23)8-13(15)14(34-36)6-7-21(24,25)22(26,27)28/h4-5,8H,3,6-7,9H2,1-2H3,(H3,29,31,32,33,37). The van der Waals surface area contributed by atoms with Gasteiger partial charge in [0.1, 0.15) is 18.1 Å². The lowest BCUT2D eigenvalue weighted by molar-refractivity contribution is -0.284. The fourth-order valence-electron chi connectivity index (χ4n) is 3.67. The Bertz CT molecular complexity index is 1500. The van der Waals surface area contributed by atoms with Crippen LogP contribution in [0, 0.1) is 6.92 Å². The minimum absolute atomic E-state index is 0.00389. The minimum Gasteiger partial charge on any atom is -0.383 e. The molecule has 3 heterocycles. The van der Waals surface area contributed by atoms with Crippen LogP contribution in [0.15, 0.2) is 22.7 Å². The molecule has 4 rings (SSSR count). The number of amides is 1. The molecule has 0 saturated carbocycles. The maximum absolute atomic E-state index is 13.6. The van der Waals surface area contributed by atoms with Crippen molar-refractivity contribution in [1.82, 2.24) is 29.9 Å². The number of aryl methyl sites for hydroxylation is 2. The van der Waals surface area contributed by atoms with E-state index in [1.807, 2.05) is 0 Å². The Morgan fingerprint density at radius 3 is 2.55 bits per heavy atom. The molecule has 3 N–H and O–H groups in total. The summed E-state index contributed by atoms with van der Waals surface area (Å²) < 4.78 is 71.4. The van der Waals surface area contributed by atoms with Crippen molar-refractivity contribution in [3.63, 3.8) is 0 Å². The Balaban J connectivity index is 1.72. The maximum Gasteiger partial charge on any atom is 0.453 e. The molecule has 1 aromatic carbocycles. The molecule has 0 atom stereocenters. The van der Waals surface area contributed by atoms with Gasteiger partial charge in [0.2, 0.25) is 11.8 Å². The lowest BCUT2D eigenvalue weighted by Gasteiger charge is -2.18. The van der Waals surface area contributed by atoms with Gasteiger partial charge in [0.05, 0.1) is 11.2 Å². The maximum atomic E-state index is 13.6. The van der Waals surface area contributed by atoms with E-state index in [9.17, 15) is 26.7 Å². The van der Waals surface area contributed by atoms with Gasteiger partial charge in [-0.3, -0.25) is 4.79 Å². The number of nitrogens with one attached hydrogen (secondary N) is 1. The first-order valence-corrected chi connectivity index (χ1v) is 11.5. The Morgan fingerprint density at radius 1 is 1.18 bits per heavy atom. The van der Waals surface area contributed by atoms with Crippen molar-refractivity contribution in [1.29, 1.82) is 0 Å². The Morgan fingerprint density at radius 2 is 1.92 bits per heavy atom. The number of rotatable bonds is 8. The van der Waals surface area contributed by atoms with E-state index in [1.54, 1.807) is 13.8 Å². The van der Waals surface area contributed by atoms with Gasteiger partial charge in [-0.2, -0.15) is 46.7 Å². The summed E-state index contributed by atoms with van der Waals surface area (Å²) in [4.78, 5) is 25.1. The third-order valence-electron chi connectivity index (χ3n) is 5.52. The molecular weight excluding hydrogens is 539 g/mol. The second-order valence-electron chi connectivity index (χ2n) is 8.27. The summed E-state index contributed by atoms with van der Waals surface area (Å²) in [6.45, 7) is 3.35. The number of aromatic nitrogens is 6. The highest BCUT2D eigenvalue weighted by Crippen LogP contribution is 2.39. The van der Waals surface area contributed by atoms with E-state index in [2.05, 4.69) is 30.5 Å². The number of nitrogens with two attached hydrogens (primary N) is 1. The fraction of sp³-hybridized carbons (Fsp3) is 0.364. The first-order valence-electron chi connectivity index (χ1n) is 11.2. The van der Waals surface area contributed by atoms with Crippen molar-refractivity contribution in [2.45, 2.75) is 51.6 Å². The molecule has 0 saturated heterocycles. The van der Waals surface area contributed by atoms with Crippen molar-refractivity contribution in [3.8, 4) is 5.95 Å². The molecule has 3 aromatic heterocycles. The first-order chi connectivity index (χ1) is 17.8. The number of fused-ring (bicyclic) bond motifs is 1. The molecule has 202 valence electrons. The molecule has 0 bridgehead atoms. The van der Waals surface area contributed by atoms with E-state index in [1.165, 1.54) is 18.2 Å². The average Bonchev–Trinajstić information content (AvgIpc) is 3.39. The summed E-state index contributed by atoms with van der Waals surface area (Å²) in [6.07, 6.45) is -7.85. The molecule has 1 amide bonds. The van der Waals surface area contributed by atoms with Gasteiger partial charge in [0.25, 0.3) is 5.95 Å². The van der Waals surface area contributed by atoms with Crippen molar-refractivity contribution < 1.29 is 31.3 Å². The van der Waals surface area contributed by atoms with Crippen LogP contribution in [0.5, 0.6) is 0 Å². The van der Waals surface area contributed by atoms with Crippen LogP contribution in [0.1, 0.15) is 36.3 Å². The van der Waals surface area contributed by atoms with E-state index in [0.29, 0.717) is 17.8 Å². The second kappa shape index (κ2) is 10.1. The van der Waals surface area contributed by atoms with Gasteiger partial charge in [0, 0.05) is 22.4 Å². The number of halogens is 6. The van der Waals surface area contributed by atoms with Gasteiger partial charge in [-0.1, -0.05) is 23.7 Å². The topological polar surface area (TPSA) is 138 Å². The zero-order valence-electron chi connectivity index (χ0n) is 19.9. The highest BCUT2D eigenvalue weighted by Gasteiger charge is 2.56. The summed E-state index contributed by atoms with van der Waals surface area (Å²) >= 11 is 6.04. The highest BCUT2D eigenvalue weighted by molar-refractivity contribution is 6.31. The number of benzene rings is 1.